The summed E-state index contributed by atoms with van der Waals surface area (Å²) in [5.74, 6) is 1.14. The van der Waals surface area contributed by atoms with Gasteiger partial charge in [0.25, 0.3) is 0 Å². The summed E-state index contributed by atoms with van der Waals surface area (Å²) in [4.78, 5) is 17.0. The summed E-state index contributed by atoms with van der Waals surface area (Å²) in [5.41, 5.74) is 0.462. The minimum Gasteiger partial charge on any atom is -0.493 e. The van der Waals surface area contributed by atoms with Crippen LogP contribution in [-0.4, -0.2) is 23.4 Å². The lowest BCUT2D eigenvalue weighted by Crippen LogP contribution is -2.28. The lowest BCUT2D eigenvalue weighted by molar-refractivity contribution is -0.137. The number of para-hydroxylation sites is 1. The largest absolute Gasteiger partial charge is 0.493 e. The lowest BCUT2D eigenvalue weighted by atomic mass is 10.1. The molecule has 2 amide bonds. The van der Waals surface area contributed by atoms with E-state index in [4.69, 9.17) is 4.74 Å². The first-order valence-corrected chi connectivity index (χ1v) is 11.8. The number of benzene rings is 3. The molecular weight excluding hydrogens is 475 g/mol. The zero-order valence-electron chi connectivity index (χ0n) is 18.5. The molecule has 1 aromatic heterocycles. The predicted molar refractivity (Wildman–Crippen MR) is 132 cm³/mol. The molecule has 9 heteroatoms. The van der Waals surface area contributed by atoms with Crippen LogP contribution >= 0.6 is 11.8 Å². The van der Waals surface area contributed by atoms with Gasteiger partial charge in [-0.1, -0.05) is 36.4 Å². The monoisotopic (exact) mass is 497 g/mol. The standard InChI is InChI=1S/C26H22F3N3O2S/c27-26(28,29)20-10-9-19(24(15-20)35-14-13-34-21-6-2-1-3-7-21)17-31-25(33)32-23-8-4-5-18-16-30-12-11-22(18)23/h1-12,15-16H,13-14,17H2,(H2,31,32,33). The van der Waals surface area contributed by atoms with Crippen LogP contribution in [0.2, 0.25) is 0 Å². The number of nitrogens with zero attached hydrogens (tertiary/aromatic N) is 1. The fourth-order valence-corrected chi connectivity index (χ4v) is 4.34. The zero-order valence-corrected chi connectivity index (χ0v) is 19.3. The number of rotatable bonds is 8. The Balaban J connectivity index is 1.41. The molecule has 5 nitrogen and oxygen atoms in total. The molecule has 0 aliphatic heterocycles. The number of hydrogen-bond acceptors (Lipinski definition) is 4. The molecular formula is C26H22F3N3O2S. The van der Waals surface area contributed by atoms with Crippen molar-refractivity contribution in [3.05, 3.63) is 96.3 Å². The molecule has 180 valence electrons. The van der Waals surface area contributed by atoms with Crippen LogP contribution in [-0.2, 0) is 12.7 Å². The Morgan fingerprint density at radius 2 is 1.83 bits per heavy atom. The number of aromatic nitrogens is 1. The zero-order chi connectivity index (χ0) is 24.7. The summed E-state index contributed by atoms with van der Waals surface area (Å²) in [7, 11) is 0. The first-order chi connectivity index (χ1) is 16.9. The van der Waals surface area contributed by atoms with E-state index in [1.54, 1.807) is 24.5 Å². The lowest BCUT2D eigenvalue weighted by Gasteiger charge is -2.15. The van der Waals surface area contributed by atoms with E-state index in [0.29, 0.717) is 34.3 Å². The van der Waals surface area contributed by atoms with Crippen LogP contribution < -0.4 is 15.4 Å². The summed E-state index contributed by atoms with van der Waals surface area (Å²) in [6.07, 6.45) is -1.12. The van der Waals surface area contributed by atoms with Gasteiger partial charge in [-0.25, -0.2) is 4.79 Å². The third-order valence-corrected chi connectivity index (χ3v) is 6.18. The first-order valence-electron chi connectivity index (χ1n) is 10.8. The molecule has 35 heavy (non-hydrogen) atoms. The maximum absolute atomic E-state index is 13.3. The second-order valence-corrected chi connectivity index (χ2v) is 8.68. The molecule has 0 atom stereocenters. The molecule has 4 aromatic rings. The predicted octanol–water partition coefficient (Wildman–Crippen LogP) is 6.75. The molecule has 0 unspecified atom stereocenters. The van der Waals surface area contributed by atoms with Crippen molar-refractivity contribution in [2.75, 3.05) is 17.7 Å². The Morgan fingerprint density at radius 1 is 1.00 bits per heavy atom. The molecule has 0 aliphatic carbocycles. The molecule has 3 aromatic carbocycles. The van der Waals surface area contributed by atoms with Crippen LogP contribution in [0, 0.1) is 0 Å². The number of nitrogens with one attached hydrogen (secondary N) is 2. The van der Waals surface area contributed by atoms with E-state index in [1.165, 1.54) is 17.8 Å². The van der Waals surface area contributed by atoms with E-state index >= 15 is 0 Å². The summed E-state index contributed by atoms with van der Waals surface area (Å²) in [6, 6.07) is 19.5. The number of carbonyl (C=O) groups is 1. The first kappa shape index (κ1) is 24.4. The maximum Gasteiger partial charge on any atom is 0.416 e. The van der Waals surface area contributed by atoms with Gasteiger partial charge in [0.2, 0.25) is 0 Å². The number of ether oxygens (including phenoxy) is 1. The van der Waals surface area contributed by atoms with Gasteiger partial charge in [-0.2, -0.15) is 13.2 Å². The van der Waals surface area contributed by atoms with Crippen LogP contribution in [0.4, 0.5) is 23.7 Å². The van der Waals surface area contributed by atoms with Gasteiger partial charge in [-0.3, -0.25) is 4.98 Å². The summed E-state index contributed by atoms with van der Waals surface area (Å²) < 4.78 is 45.5. The van der Waals surface area contributed by atoms with Crippen LogP contribution in [0.5, 0.6) is 5.75 Å². The van der Waals surface area contributed by atoms with Crippen molar-refractivity contribution >= 4 is 34.3 Å². The molecule has 0 radical (unpaired) electrons. The molecule has 0 fully saturated rings. The average Bonchev–Trinajstić information content (AvgIpc) is 2.86. The SMILES string of the molecule is O=C(NCc1ccc(C(F)(F)F)cc1SCCOc1ccccc1)Nc1cccc2cnccc12. The summed E-state index contributed by atoms with van der Waals surface area (Å²) >= 11 is 1.25. The van der Waals surface area contributed by atoms with Gasteiger partial charge >= 0.3 is 12.2 Å². The van der Waals surface area contributed by atoms with Gasteiger partial charge in [-0.15, -0.1) is 11.8 Å². The van der Waals surface area contributed by atoms with Crippen molar-refractivity contribution in [1.29, 1.82) is 0 Å². The van der Waals surface area contributed by atoms with Crippen molar-refractivity contribution < 1.29 is 22.7 Å². The Morgan fingerprint density at radius 3 is 2.63 bits per heavy atom. The summed E-state index contributed by atoms with van der Waals surface area (Å²) in [6.45, 7) is 0.395. The van der Waals surface area contributed by atoms with Crippen molar-refractivity contribution in [1.82, 2.24) is 10.3 Å². The number of hydrogen-bond donors (Lipinski definition) is 2. The van der Waals surface area contributed by atoms with E-state index in [2.05, 4.69) is 15.6 Å². The van der Waals surface area contributed by atoms with Crippen LogP contribution in [0.15, 0.2) is 90.1 Å². The van der Waals surface area contributed by atoms with Gasteiger partial charge in [-0.05, 0) is 42.0 Å². The molecule has 0 spiro atoms. The van der Waals surface area contributed by atoms with Crippen molar-refractivity contribution in [2.24, 2.45) is 0 Å². The highest BCUT2D eigenvalue weighted by Crippen LogP contribution is 2.34. The number of halogens is 3. The van der Waals surface area contributed by atoms with E-state index in [1.807, 2.05) is 42.5 Å². The van der Waals surface area contributed by atoms with Gasteiger partial charge in [0.05, 0.1) is 17.9 Å². The van der Waals surface area contributed by atoms with Gasteiger partial charge in [0, 0.05) is 40.4 Å². The van der Waals surface area contributed by atoms with Gasteiger partial charge in [0.1, 0.15) is 5.75 Å². The number of carbonyl (C=O) groups excluding carboxylic acids is 1. The Labute approximate surface area is 204 Å². The fourth-order valence-electron chi connectivity index (χ4n) is 3.41. The smallest absolute Gasteiger partial charge is 0.416 e. The van der Waals surface area contributed by atoms with E-state index in [9.17, 15) is 18.0 Å². The van der Waals surface area contributed by atoms with Crippen LogP contribution in [0.1, 0.15) is 11.1 Å². The number of fused-ring (bicyclic) bond motifs is 1. The third-order valence-electron chi connectivity index (χ3n) is 5.12. The highest BCUT2D eigenvalue weighted by molar-refractivity contribution is 7.99. The van der Waals surface area contributed by atoms with Crippen LogP contribution in [0.3, 0.4) is 0 Å². The Hall–Kier alpha value is -3.72. The minimum absolute atomic E-state index is 0.0676. The van der Waals surface area contributed by atoms with Crippen LogP contribution in [0.25, 0.3) is 10.8 Å². The van der Waals surface area contributed by atoms with Crippen molar-refractivity contribution in [3.8, 4) is 5.75 Å². The molecule has 4 rings (SSSR count). The fraction of sp³-hybridized carbons (Fsp3) is 0.154. The average molecular weight is 498 g/mol. The Kier molecular flexibility index (Phi) is 7.77. The van der Waals surface area contributed by atoms with E-state index < -0.39 is 17.8 Å². The topological polar surface area (TPSA) is 63.2 Å². The quantitative estimate of drug-likeness (QED) is 0.209. The van der Waals surface area contributed by atoms with Gasteiger partial charge < -0.3 is 15.4 Å². The number of pyridine rings is 1. The van der Waals surface area contributed by atoms with Gasteiger partial charge in [0.15, 0.2) is 0 Å². The van der Waals surface area contributed by atoms with Crippen molar-refractivity contribution in [3.63, 3.8) is 0 Å². The number of anilines is 1. The molecule has 1 heterocycles. The molecule has 0 aliphatic rings. The maximum atomic E-state index is 13.3. The second-order valence-electron chi connectivity index (χ2n) is 7.54. The molecule has 0 saturated carbocycles. The molecule has 2 N–H and O–H groups in total. The summed E-state index contributed by atoms with van der Waals surface area (Å²) in [5, 5.41) is 7.25. The van der Waals surface area contributed by atoms with E-state index in [-0.39, 0.29) is 6.54 Å². The molecule has 0 saturated heterocycles. The third kappa shape index (κ3) is 6.66. The number of urea groups is 1. The molecule has 0 bridgehead atoms. The highest BCUT2D eigenvalue weighted by atomic mass is 32.2. The number of amides is 2. The van der Waals surface area contributed by atoms with Crippen molar-refractivity contribution in [2.45, 2.75) is 17.6 Å². The highest BCUT2D eigenvalue weighted by Gasteiger charge is 2.31. The second kappa shape index (κ2) is 11.1. The number of thioether (sulfide) groups is 1. The number of alkyl halides is 3. The normalized spacial score (nSPS) is 11.3. The minimum atomic E-state index is -4.46. The Bertz CT molecular complexity index is 1290. The van der Waals surface area contributed by atoms with E-state index in [0.717, 1.165) is 22.9 Å².